The zero-order valence-electron chi connectivity index (χ0n) is 11.1. The summed E-state index contributed by atoms with van der Waals surface area (Å²) in [4.78, 5) is 13.5. The Morgan fingerprint density at radius 2 is 1.88 bits per heavy atom. The number of sulfone groups is 1. The molecule has 5 nitrogen and oxygen atoms in total. The van der Waals surface area contributed by atoms with E-state index in [4.69, 9.17) is 5.73 Å². The van der Waals surface area contributed by atoms with Crippen LogP contribution in [0.5, 0.6) is 0 Å². The summed E-state index contributed by atoms with van der Waals surface area (Å²) >= 11 is 0. The lowest BCUT2D eigenvalue weighted by Gasteiger charge is -2.29. The van der Waals surface area contributed by atoms with Crippen LogP contribution in [0.25, 0.3) is 0 Å². The van der Waals surface area contributed by atoms with Gasteiger partial charge in [-0.3, -0.25) is 4.79 Å². The molecule has 6 heteroatoms. The minimum atomic E-state index is -3.08. The third kappa shape index (κ3) is 6.02. The van der Waals surface area contributed by atoms with E-state index in [-0.39, 0.29) is 17.7 Å². The Labute approximate surface area is 104 Å². The summed E-state index contributed by atoms with van der Waals surface area (Å²) in [6, 6.07) is -0.854. The van der Waals surface area contributed by atoms with Gasteiger partial charge in [-0.1, -0.05) is 13.3 Å². The second kappa shape index (κ2) is 6.96. The van der Waals surface area contributed by atoms with Crippen molar-refractivity contribution in [1.29, 1.82) is 0 Å². The number of likely N-dealkylation sites (N-methyl/N-ethyl adjacent to an activating group) is 1. The largest absolute Gasteiger partial charge is 0.338 e. The first-order valence-electron chi connectivity index (χ1n) is 5.96. The van der Waals surface area contributed by atoms with Gasteiger partial charge in [0.05, 0.1) is 11.8 Å². The maximum atomic E-state index is 12.0. The molecule has 0 saturated heterocycles. The quantitative estimate of drug-likeness (QED) is 0.721. The van der Waals surface area contributed by atoms with Crippen molar-refractivity contribution < 1.29 is 13.2 Å². The molecule has 0 aliphatic heterocycles. The van der Waals surface area contributed by atoms with Crippen molar-refractivity contribution in [2.75, 3.05) is 18.6 Å². The minimum absolute atomic E-state index is 0.0224. The third-order valence-electron chi connectivity index (χ3n) is 2.62. The zero-order valence-corrected chi connectivity index (χ0v) is 12.0. The van der Waals surface area contributed by atoms with Crippen LogP contribution in [-0.4, -0.2) is 49.9 Å². The predicted octanol–water partition coefficient (Wildman–Crippen LogP) is 0.395. The molecule has 2 atom stereocenters. The average Bonchev–Trinajstić information content (AvgIpc) is 2.16. The first-order valence-corrected chi connectivity index (χ1v) is 8.02. The minimum Gasteiger partial charge on any atom is -0.338 e. The summed E-state index contributed by atoms with van der Waals surface area (Å²) in [7, 11) is -3.08. The van der Waals surface area contributed by atoms with E-state index in [0.717, 1.165) is 6.42 Å². The van der Waals surface area contributed by atoms with Crippen LogP contribution in [0, 0.1) is 0 Å². The van der Waals surface area contributed by atoms with E-state index in [1.165, 1.54) is 6.26 Å². The summed E-state index contributed by atoms with van der Waals surface area (Å²) in [6.07, 6.45) is 2.64. The molecular formula is C11H24N2O3S. The first kappa shape index (κ1) is 16.4. The van der Waals surface area contributed by atoms with Gasteiger partial charge >= 0.3 is 0 Å². The summed E-state index contributed by atoms with van der Waals surface area (Å²) < 4.78 is 22.4. The molecule has 0 spiro atoms. The van der Waals surface area contributed by atoms with Gasteiger partial charge in [-0.2, -0.15) is 0 Å². The van der Waals surface area contributed by atoms with Crippen LogP contribution in [0.4, 0.5) is 0 Å². The Kier molecular flexibility index (Phi) is 6.70. The average molecular weight is 264 g/mol. The molecule has 2 unspecified atom stereocenters. The second-order valence-electron chi connectivity index (χ2n) is 4.46. The maximum absolute atomic E-state index is 12.0. The topological polar surface area (TPSA) is 80.5 Å². The number of hydrogen-bond donors (Lipinski definition) is 1. The number of rotatable bonds is 7. The normalized spacial score (nSPS) is 15.4. The second-order valence-corrected chi connectivity index (χ2v) is 6.65. The van der Waals surface area contributed by atoms with Crippen LogP contribution >= 0.6 is 0 Å². The summed E-state index contributed by atoms with van der Waals surface area (Å²) in [6.45, 7) is 6.01. The van der Waals surface area contributed by atoms with Crippen molar-refractivity contribution in [3.05, 3.63) is 0 Å². The van der Waals surface area contributed by atoms with Crippen LogP contribution in [0.1, 0.15) is 33.6 Å². The van der Waals surface area contributed by atoms with Crippen LogP contribution < -0.4 is 5.73 Å². The highest BCUT2D eigenvalue weighted by molar-refractivity contribution is 7.90. The number of nitrogens with two attached hydrogens (primary N) is 1. The number of nitrogens with zero attached hydrogens (tertiary/aromatic N) is 1. The van der Waals surface area contributed by atoms with E-state index in [1.54, 1.807) is 11.8 Å². The van der Waals surface area contributed by atoms with Crippen molar-refractivity contribution in [2.45, 2.75) is 45.7 Å². The molecule has 0 aliphatic carbocycles. The molecule has 0 radical (unpaired) electrons. The Balaban J connectivity index is 4.66. The highest BCUT2D eigenvalue weighted by Crippen LogP contribution is 2.07. The smallest absolute Gasteiger partial charge is 0.239 e. The van der Waals surface area contributed by atoms with Gasteiger partial charge in [-0.25, -0.2) is 8.42 Å². The fourth-order valence-corrected chi connectivity index (χ4v) is 2.92. The molecule has 0 bridgehead atoms. The van der Waals surface area contributed by atoms with E-state index in [0.29, 0.717) is 13.0 Å². The molecule has 17 heavy (non-hydrogen) atoms. The molecule has 1 amide bonds. The van der Waals surface area contributed by atoms with E-state index < -0.39 is 15.9 Å². The molecule has 0 aromatic heterocycles. The van der Waals surface area contributed by atoms with E-state index in [1.807, 2.05) is 13.8 Å². The first-order chi connectivity index (χ1) is 7.72. The summed E-state index contributed by atoms with van der Waals surface area (Å²) in [5.74, 6) is -0.184. The van der Waals surface area contributed by atoms with Gasteiger partial charge in [0.15, 0.2) is 0 Å². The molecule has 0 fully saturated rings. The lowest BCUT2D eigenvalue weighted by atomic mass is 10.1. The van der Waals surface area contributed by atoms with Crippen LogP contribution in [-0.2, 0) is 14.6 Å². The van der Waals surface area contributed by atoms with E-state index >= 15 is 0 Å². The molecule has 2 N–H and O–H groups in total. The van der Waals surface area contributed by atoms with Crippen molar-refractivity contribution >= 4 is 15.7 Å². The Morgan fingerprint density at radius 3 is 2.24 bits per heavy atom. The molecule has 0 aliphatic rings. The zero-order chi connectivity index (χ0) is 13.6. The van der Waals surface area contributed by atoms with Gasteiger partial charge in [0.25, 0.3) is 0 Å². The molecule has 0 saturated carbocycles. The Morgan fingerprint density at radius 1 is 1.35 bits per heavy atom. The standard InChI is InChI=1S/C11H24N2O3S/c1-5-7-10(12)11(14)13(6-2)9(3)8-17(4,15)16/h9-10H,5-8,12H2,1-4H3. The predicted molar refractivity (Wildman–Crippen MR) is 69.4 cm³/mol. The fraction of sp³-hybridized carbons (Fsp3) is 0.909. The van der Waals surface area contributed by atoms with Crippen molar-refractivity contribution in [2.24, 2.45) is 5.73 Å². The van der Waals surface area contributed by atoms with Gasteiger partial charge in [0.2, 0.25) is 5.91 Å². The van der Waals surface area contributed by atoms with Gasteiger partial charge in [0, 0.05) is 18.8 Å². The molecule has 102 valence electrons. The summed E-state index contributed by atoms with van der Waals surface area (Å²) in [5, 5.41) is 0. The van der Waals surface area contributed by atoms with E-state index in [2.05, 4.69) is 0 Å². The fourth-order valence-electron chi connectivity index (χ4n) is 1.86. The van der Waals surface area contributed by atoms with Crippen LogP contribution in [0.15, 0.2) is 0 Å². The molecule has 0 rings (SSSR count). The monoisotopic (exact) mass is 264 g/mol. The van der Waals surface area contributed by atoms with Gasteiger partial charge in [-0.15, -0.1) is 0 Å². The maximum Gasteiger partial charge on any atom is 0.239 e. The number of hydrogen-bond acceptors (Lipinski definition) is 4. The number of carbonyl (C=O) groups is 1. The Bertz CT molecular complexity index is 341. The number of amides is 1. The Hall–Kier alpha value is -0.620. The van der Waals surface area contributed by atoms with E-state index in [9.17, 15) is 13.2 Å². The highest BCUT2D eigenvalue weighted by Gasteiger charge is 2.25. The van der Waals surface area contributed by atoms with Gasteiger partial charge in [0.1, 0.15) is 9.84 Å². The van der Waals surface area contributed by atoms with Gasteiger partial charge < -0.3 is 10.6 Å². The third-order valence-corrected chi connectivity index (χ3v) is 3.70. The lowest BCUT2D eigenvalue weighted by Crippen LogP contribution is -2.49. The van der Waals surface area contributed by atoms with Crippen LogP contribution in [0.2, 0.25) is 0 Å². The van der Waals surface area contributed by atoms with Crippen molar-refractivity contribution in [3.8, 4) is 0 Å². The number of carbonyl (C=O) groups excluding carboxylic acids is 1. The van der Waals surface area contributed by atoms with Crippen LogP contribution in [0.3, 0.4) is 0 Å². The lowest BCUT2D eigenvalue weighted by molar-refractivity contribution is -0.134. The highest BCUT2D eigenvalue weighted by atomic mass is 32.2. The van der Waals surface area contributed by atoms with Crippen molar-refractivity contribution in [1.82, 2.24) is 4.90 Å². The SMILES string of the molecule is CCCC(N)C(=O)N(CC)C(C)CS(C)(=O)=O. The molecular weight excluding hydrogens is 240 g/mol. The van der Waals surface area contributed by atoms with Gasteiger partial charge in [-0.05, 0) is 20.3 Å². The molecule has 0 aromatic carbocycles. The molecule has 0 heterocycles. The van der Waals surface area contributed by atoms with Crippen molar-refractivity contribution in [3.63, 3.8) is 0 Å². The molecule has 0 aromatic rings. The summed E-state index contributed by atoms with van der Waals surface area (Å²) in [5.41, 5.74) is 5.77.